The maximum absolute atomic E-state index is 12.3. The first kappa shape index (κ1) is 21.5. The smallest absolute Gasteiger partial charge is 0.325 e. The number of rotatable bonds is 4. The van der Waals surface area contributed by atoms with E-state index >= 15 is 0 Å². The lowest BCUT2D eigenvalue weighted by Gasteiger charge is -2.10. The van der Waals surface area contributed by atoms with Crippen LogP contribution in [0.3, 0.4) is 0 Å². The number of hydrogen-bond acceptors (Lipinski definition) is 2. The second-order valence-electron chi connectivity index (χ2n) is 9.27. The van der Waals surface area contributed by atoms with Crippen LogP contribution in [0.4, 0.5) is 0 Å². The first-order valence-electron chi connectivity index (χ1n) is 12.4. The number of para-hydroxylation sites is 3. The van der Waals surface area contributed by atoms with Crippen molar-refractivity contribution < 1.29 is 9.53 Å². The van der Waals surface area contributed by atoms with Gasteiger partial charge in [-0.15, -0.1) is 0 Å². The van der Waals surface area contributed by atoms with Crippen LogP contribution in [-0.4, -0.2) is 22.2 Å². The van der Waals surface area contributed by atoms with Crippen LogP contribution in [0.25, 0.3) is 60.4 Å². The number of hydrogen-bond donors (Lipinski definition) is 0. The number of nitrogens with zero attached hydrogens (tertiary/aromatic N) is 2. The van der Waals surface area contributed by atoms with Crippen LogP contribution in [0.5, 0.6) is 0 Å². The highest BCUT2D eigenvalue weighted by atomic mass is 16.5. The summed E-state index contributed by atoms with van der Waals surface area (Å²) in [5.41, 5.74) is 7.85. The number of methoxy groups -OCH3 is 1. The number of esters is 1. The van der Waals surface area contributed by atoms with Gasteiger partial charge in [0.05, 0.1) is 23.7 Å². The molecule has 0 fully saturated rings. The third kappa shape index (κ3) is 3.19. The molecule has 0 N–H and O–H groups in total. The summed E-state index contributed by atoms with van der Waals surface area (Å²) in [4.78, 5) is 12.3. The molecule has 0 radical (unpaired) electrons. The second-order valence-corrected chi connectivity index (χ2v) is 9.27. The van der Waals surface area contributed by atoms with Crippen molar-refractivity contribution in [3.63, 3.8) is 0 Å². The van der Waals surface area contributed by atoms with E-state index in [4.69, 9.17) is 4.74 Å². The molecule has 0 saturated carbocycles. The Bertz CT molecular complexity index is 1960. The van der Waals surface area contributed by atoms with E-state index in [0.29, 0.717) is 0 Å². The molecule has 0 saturated heterocycles. The molecule has 0 bridgehead atoms. The Hall–Kier alpha value is -4.83. The molecule has 4 nitrogen and oxygen atoms in total. The summed E-state index contributed by atoms with van der Waals surface area (Å²) in [6, 6.07) is 40.3. The van der Waals surface area contributed by atoms with Crippen LogP contribution in [0.2, 0.25) is 0 Å². The van der Waals surface area contributed by atoms with Crippen molar-refractivity contribution in [2.24, 2.45) is 0 Å². The topological polar surface area (TPSA) is 36.2 Å². The van der Waals surface area contributed by atoms with Gasteiger partial charge in [-0.05, 0) is 47.5 Å². The molecule has 2 heterocycles. The van der Waals surface area contributed by atoms with Gasteiger partial charge in [-0.25, -0.2) is 0 Å². The average molecular weight is 481 g/mol. The first-order chi connectivity index (χ1) is 18.3. The van der Waals surface area contributed by atoms with Gasteiger partial charge in [-0.1, -0.05) is 78.9 Å². The predicted octanol–water partition coefficient (Wildman–Crippen LogP) is 7.73. The van der Waals surface area contributed by atoms with E-state index in [2.05, 4.69) is 112 Å². The van der Waals surface area contributed by atoms with Gasteiger partial charge in [-0.3, -0.25) is 4.79 Å². The maximum Gasteiger partial charge on any atom is 0.325 e. The largest absolute Gasteiger partial charge is 0.468 e. The molecular weight excluding hydrogens is 456 g/mol. The summed E-state index contributed by atoms with van der Waals surface area (Å²) < 4.78 is 9.43. The SMILES string of the molecule is COC(=O)Cn1c2ccccc2c2c(-c3cccc4c3c3ccccc3n4-c3ccccc3)cccc21. The van der Waals surface area contributed by atoms with Gasteiger partial charge in [-0.2, -0.15) is 0 Å². The Morgan fingerprint density at radius 3 is 1.84 bits per heavy atom. The fraction of sp³-hybridized carbons (Fsp3) is 0.0606. The van der Waals surface area contributed by atoms with Crippen molar-refractivity contribution in [2.75, 3.05) is 7.11 Å². The summed E-state index contributed by atoms with van der Waals surface area (Å²) in [5.74, 6) is -0.263. The molecule has 4 heteroatoms. The number of ether oxygens (including phenoxy) is 1. The molecule has 0 spiro atoms. The summed E-state index contributed by atoms with van der Waals surface area (Å²) in [6.07, 6.45) is 0. The lowest BCUT2D eigenvalue weighted by Crippen LogP contribution is -2.11. The zero-order valence-electron chi connectivity index (χ0n) is 20.4. The van der Waals surface area contributed by atoms with Crippen LogP contribution < -0.4 is 0 Å². The Labute approximate surface area is 213 Å². The van der Waals surface area contributed by atoms with Gasteiger partial charge in [0.1, 0.15) is 6.54 Å². The summed E-state index contributed by atoms with van der Waals surface area (Å²) >= 11 is 0. The molecule has 0 aliphatic carbocycles. The summed E-state index contributed by atoms with van der Waals surface area (Å²) in [6.45, 7) is 0.168. The van der Waals surface area contributed by atoms with Crippen molar-refractivity contribution >= 4 is 49.6 Å². The minimum absolute atomic E-state index is 0.168. The molecule has 0 aliphatic heterocycles. The third-order valence-corrected chi connectivity index (χ3v) is 7.31. The molecular formula is C33H24N2O2. The highest BCUT2D eigenvalue weighted by molar-refractivity contribution is 6.21. The van der Waals surface area contributed by atoms with Crippen molar-refractivity contribution in [1.82, 2.24) is 9.13 Å². The number of carbonyl (C=O) groups is 1. The fourth-order valence-corrected chi connectivity index (χ4v) is 5.79. The molecule has 178 valence electrons. The van der Waals surface area contributed by atoms with E-state index in [1.165, 1.54) is 34.5 Å². The van der Waals surface area contributed by atoms with Gasteiger partial charge in [0.25, 0.3) is 0 Å². The average Bonchev–Trinajstić information content (AvgIpc) is 3.46. The van der Waals surface area contributed by atoms with E-state index in [0.717, 1.165) is 33.1 Å². The maximum atomic E-state index is 12.3. The third-order valence-electron chi connectivity index (χ3n) is 7.31. The number of aromatic nitrogens is 2. The molecule has 2 aromatic heterocycles. The molecule has 7 aromatic rings. The van der Waals surface area contributed by atoms with Gasteiger partial charge in [0, 0.05) is 32.7 Å². The number of carbonyl (C=O) groups excluding carboxylic acids is 1. The number of benzene rings is 5. The fourth-order valence-electron chi connectivity index (χ4n) is 5.79. The molecule has 0 atom stereocenters. The van der Waals surface area contributed by atoms with Gasteiger partial charge in [0.2, 0.25) is 0 Å². The zero-order valence-corrected chi connectivity index (χ0v) is 20.4. The van der Waals surface area contributed by atoms with E-state index in [-0.39, 0.29) is 12.5 Å². The first-order valence-corrected chi connectivity index (χ1v) is 12.4. The van der Waals surface area contributed by atoms with Gasteiger partial charge in [0.15, 0.2) is 0 Å². The minimum Gasteiger partial charge on any atom is -0.468 e. The monoisotopic (exact) mass is 480 g/mol. The van der Waals surface area contributed by atoms with E-state index in [9.17, 15) is 4.79 Å². The Morgan fingerprint density at radius 1 is 0.595 bits per heavy atom. The lowest BCUT2D eigenvalue weighted by atomic mass is 9.95. The minimum atomic E-state index is -0.263. The second kappa shape index (κ2) is 8.38. The molecule has 0 amide bonds. The van der Waals surface area contributed by atoms with Crippen LogP contribution in [0.1, 0.15) is 0 Å². The van der Waals surface area contributed by atoms with Crippen molar-refractivity contribution in [1.29, 1.82) is 0 Å². The summed E-state index contributed by atoms with van der Waals surface area (Å²) in [5, 5.41) is 4.71. The zero-order chi connectivity index (χ0) is 24.9. The highest BCUT2D eigenvalue weighted by Crippen LogP contribution is 2.43. The normalized spacial score (nSPS) is 11.6. The van der Waals surface area contributed by atoms with Crippen molar-refractivity contribution in [3.05, 3.63) is 115 Å². The predicted molar refractivity (Wildman–Crippen MR) is 151 cm³/mol. The molecule has 7 rings (SSSR count). The Kier molecular flexibility index (Phi) is 4.86. The molecule has 37 heavy (non-hydrogen) atoms. The Morgan fingerprint density at radius 2 is 1.14 bits per heavy atom. The standard InChI is InChI=1S/C33H24N2O2/c1-37-31(36)21-34-27-17-7-5-13-25(27)32-23(15-9-19-29(32)34)24-16-10-20-30-33(24)26-14-6-8-18-28(26)35(30)22-11-3-2-4-12-22/h2-20H,21H2,1H3. The highest BCUT2D eigenvalue weighted by Gasteiger charge is 2.20. The lowest BCUT2D eigenvalue weighted by molar-refractivity contribution is -0.141. The van der Waals surface area contributed by atoms with Gasteiger partial charge < -0.3 is 13.9 Å². The van der Waals surface area contributed by atoms with Crippen LogP contribution in [-0.2, 0) is 16.1 Å². The van der Waals surface area contributed by atoms with Crippen LogP contribution >= 0.6 is 0 Å². The molecule has 5 aromatic carbocycles. The van der Waals surface area contributed by atoms with Crippen molar-refractivity contribution in [2.45, 2.75) is 6.54 Å². The molecule has 0 unspecified atom stereocenters. The van der Waals surface area contributed by atoms with E-state index < -0.39 is 0 Å². The van der Waals surface area contributed by atoms with Crippen molar-refractivity contribution in [3.8, 4) is 16.8 Å². The number of fused-ring (bicyclic) bond motifs is 6. The quantitative estimate of drug-likeness (QED) is 0.242. The molecule has 0 aliphatic rings. The van der Waals surface area contributed by atoms with Crippen LogP contribution in [0, 0.1) is 0 Å². The van der Waals surface area contributed by atoms with E-state index in [1.807, 2.05) is 12.1 Å². The van der Waals surface area contributed by atoms with E-state index in [1.54, 1.807) is 0 Å². The summed E-state index contributed by atoms with van der Waals surface area (Å²) in [7, 11) is 1.44. The van der Waals surface area contributed by atoms with Gasteiger partial charge >= 0.3 is 5.97 Å². The Balaban J connectivity index is 1.61. The van der Waals surface area contributed by atoms with Crippen LogP contribution in [0.15, 0.2) is 115 Å².